The summed E-state index contributed by atoms with van der Waals surface area (Å²) >= 11 is 0. The first kappa shape index (κ1) is 24.2. The summed E-state index contributed by atoms with van der Waals surface area (Å²) in [5, 5.41) is 2.99. The van der Waals surface area contributed by atoms with Gasteiger partial charge in [0.25, 0.3) is 5.91 Å². The zero-order chi connectivity index (χ0) is 22.3. The Hall–Kier alpha value is -2.08. The van der Waals surface area contributed by atoms with Crippen molar-refractivity contribution in [2.24, 2.45) is 11.8 Å². The van der Waals surface area contributed by atoms with Gasteiger partial charge in [0, 0.05) is 19.6 Å². The molecule has 1 aliphatic rings. The first-order chi connectivity index (χ1) is 14.2. The van der Waals surface area contributed by atoms with Crippen LogP contribution in [0.4, 0.5) is 5.69 Å². The molecule has 0 aromatic heterocycles. The van der Waals surface area contributed by atoms with E-state index in [2.05, 4.69) is 37.9 Å². The normalized spacial score (nSPS) is 16.2. The van der Waals surface area contributed by atoms with Gasteiger partial charge in [0.2, 0.25) is 5.91 Å². The highest BCUT2D eigenvalue weighted by Crippen LogP contribution is 2.35. The van der Waals surface area contributed by atoms with Crippen LogP contribution in [-0.2, 0) is 9.59 Å². The van der Waals surface area contributed by atoms with Gasteiger partial charge in [0.15, 0.2) is 6.10 Å². The van der Waals surface area contributed by atoms with Gasteiger partial charge in [0.1, 0.15) is 12.3 Å². The number of rotatable bonds is 11. The van der Waals surface area contributed by atoms with E-state index in [1.54, 1.807) is 4.90 Å². The number of carbonyl (C=O) groups is 2. The van der Waals surface area contributed by atoms with Gasteiger partial charge < -0.3 is 15.0 Å². The lowest BCUT2D eigenvalue weighted by Crippen LogP contribution is -2.49. The quantitative estimate of drug-likeness (QED) is 0.559. The minimum absolute atomic E-state index is 0.0247. The molecule has 1 atom stereocenters. The summed E-state index contributed by atoms with van der Waals surface area (Å²) in [6.45, 7) is 16.6. The summed E-state index contributed by atoms with van der Waals surface area (Å²) in [7, 11) is 0. The van der Waals surface area contributed by atoms with Crippen LogP contribution < -0.4 is 15.0 Å². The third-order valence-electron chi connectivity index (χ3n) is 5.11. The average Bonchev–Trinajstić information content (AvgIpc) is 2.66. The zero-order valence-corrected chi connectivity index (χ0v) is 19.5. The fourth-order valence-electron chi connectivity index (χ4n) is 3.88. The highest BCUT2D eigenvalue weighted by molar-refractivity contribution is 6.03. The van der Waals surface area contributed by atoms with Crippen molar-refractivity contribution in [1.82, 2.24) is 10.2 Å². The van der Waals surface area contributed by atoms with Crippen molar-refractivity contribution >= 4 is 17.5 Å². The summed E-state index contributed by atoms with van der Waals surface area (Å²) in [5.74, 6) is 1.64. The number of hydrogen-bond donors (Lipinski definition) is 1. The molecule has 0 radical (unpaired) electrons. The second-order valence-corrected chi connectivity index (χ2v) is 9.16. The number of nitrogens with one attached hydrogen (secondary N) is 1. The number of hydrogen-bond acceptors (Lipinski definition) is 4. The molecular formula is C24H39N3O3. The molecule has 1 N–H and O–H groups in total. The van der Waals surface area contributed by atoms with Gasteiger partial charge >= 0.3 is 0 Å². The molecule has 1 aliphatic heterocycles. The van der Waals surface area contributed by atoms with E-state index in [1.165, 1.54) is 0 Å². The van der Waals surface area contributed by atoms with E-state index in [-0.39, 0.29) is 18.4 Å². The Morgan fingerprint density at radius 2 is 1.87 bits per heavy atom. The highest BCUT2D eigenvalue weighted by Gasteiger charge is 2.34. The lowest BCUT2D eigenvalue weighted by atomic mass is 10.1. The molecular weight excluding hydrogens is 378 g/mol. The van der Waals surface area contributed by atoms with E-state index in [0.717, 1.165) is 31.6 Å². The molecule has 0 fully saturated rings. The molecule has 1 unspecified atom stereocenters. The molecule has 1 aromatic rings. The van der Waals surface area contributed by atoms with Crippen molar-refractivity contribution in [2.75, 3.05) is 37.6 Å². The van der Waals surface area contributed by atoms with Crippen molar-refractivity contribution in [3.05, 3.63) is 23.8 Å². The van der Waals surface area contributed by atoms with Crippen molar-refractivity contribution in [2.45, 2.75) is 60.5 Å². The minimum Gasteiger partial charge on any atom is -0.478 e. The SMILES string of the molecule is CCC1Oc2ccc(C)cc2N(CC(=O)NCCCN(CC(C)C)CC(C)C)C1=O. The number of amides is 2. The van der Waals surface area contributed by atoms with Crippen molar-refractivity contribution in [3.8, 4) is 5.75 Å². The molecule has 1 heterocycles. The van der Waals surface area contributed by atoms with Crippen LogP contribution in [-0.4, -0.2) is 55.5 Å². The van der Waals surface area contributed by atoms with Crippen LogP contribution >= 0.6 is 0 Å². The Bertz CT molecular complexity index is 708. The van der Waals surface area contributed by atoms with Gasteiger partial charge in [-0.3, -0.25) is 14.5 Å². The van der Waals surface area contributed by atoms with Gasteiger partial charge in [-0.1, -0.05) is 40.7 Å². The van der Waals surface area contributed by atoms with Crippen LogP contribution in [0.2, 0.25) is 0 Å². The van der Waals surface area contributed by atoms with E-state index in [0.29, 0.717) is 36.2 Å². The molecule has 0 aliphatic carbocycles. The maximum atomic E-state index is 12.8. The molecule has 0 saturated carbocycles. The first-order valence-electron chi connectivity index (χ1n) is 11.3. The van der Waals surface area contributed by atoms with Crippen LogP contribution in [0.3, 0.4) is 0 Å². The molecule has 168 valence electrons. The Morgan fingerprint density at radius 1 is 1.20 bits per heavy atom. The zero-order valence-electron chi connectivity index (χ0n) is 19.5. The molecule has 0 saturated heterocycles. The fraction of sp³-hybridized carbons (Fsp3) is 0.667. The summed E-state index contributed by atoms with van der Waals surface area (Å²) in [4.78, 5) is 29.4. The summed E-state index contributed by atoms with van der Waals surface area (Å²) in [6.07, 6.45) is 0.940. The van der Waals surface area contributed by atoms with E-state index < -0.39 is 6.10 Å². The molecule has 30 heavy (non-hydrogen) atoms. The van der Waals surface area contributed by atoms with Crippen LogP contribution in [0.25, 0.3) is 0 Å². The monoisotopic (exact) mass is 417 g/mol. The predicted octanol–water partition coefficient (Wildman–Crippen LogP) is 3.62. The Labute approximate surface area is 182 Å². The second-order valence-electron chi connectivity index (χ2n) is 9.16. The molecule has 2 rings (SSSR count). The van der Waals surface area contributed by atoms with E-state index >= 15 is 0 Å². The lowest BCUT2D eigenvalue weighted by Gasteiger charge is -2.34. The Balaban J connectivity index is 1.91. The minimum atomic E-state index is -0.534. The highest BCUT2D eigenvalue weighted by atomic mass is 16.5. The van der Waals surface area contributed by atoms with Crippen LogP contribution in [0, 0.1) is 18.8 Å². The summed E-state index contributed by atoms with van der Waals surface area (Å²) in [5.41, 5.74) is 1.71. The molecule has 2 amide bonds. The van der Waals surface area contributed by atoms with Gasteiger partial charge in [-0.25, -0.2) is 0 Å². The fourth-order valence-corrected chi connectivity index (χ4v) is 3.88. The topological polar surface area (TPSA) is 61.9 Å². The number of aryl methyl sites for hydroxylation is 1. The smallest absolute Gasteiger partial charge is 0.268 e. The third kappa shape index (κ3) is 7.01. The van der Waals surface area contributed by atoms with Gasteiger partial charge in [-0.05, 0) is 55.8 Å². The second kappa shape index (κ2) is 11.3. The number of benzene rings is 1. The summed E-state index contributed by atoms with van der Waals surface area (Å²) in [6, 6.07) is 5.74. The van der Waals surface area contributed by atoms with E-state index in [1.807, 2.05) is 32.0 Å². The van der Waals surface area contributed by atoms with Gasteiger partial charge in [-0.15, -0.1) is 0 Å². The van der Waals surface area contributed by atoms with E-state index in [9.17, 15) is 9.59 Å². The van der Waals surface area contributed by atoms with Crippen LogP contribution in [0.1, 0.15) is 53.0 Å². The predicted molar refractivity (Wildman–Crippen MR) is 122 cm³/mol. The van der Waals surface area contributed by atoms with Gasteiger partial charge in [-0.2, -0.15) is 0 Å². The maximum absolute atomic E-state index is 12.8. The van der Waals surface area contributed by atoms with Crippen molar-refractivity contribution in [3.63, 3.8) is 0 Å². The molecule has 1 aromatic carbocycles. The van der Waals surface area contributed by atoms with Crippen molar-refractivity contribution < 1.29 is 14.3 Å². The number of carbonyl (C=O) groups excluding carboxylic acids is 2. The number of anilines is 1. The maximum Gasteiger partial charge on any atom is 0.268 e. The molecule has 0 spiro atoms. The number of nitrogens with zero attached hydrogens (tertiary/aromatic N) is 2. The molecule has 6 nitrogen and oxygen atoms in total. The number of fused-ring (bicyclic) bond motifs is 1. The lowest BCUT2D eigenvalue weighted by molar-refractivity contribution is -0.129. The third-order valence-corrected chi connectivity index (χ3v) is 5.11. The van der Waals surface area contributed by atoms with E-state index in [4.69, 9.17) is 4.74 Å². The van der Waals surface area contributed by atoms with Crippen LogP contribution in [0.15, 0.2) is 18.2 Å². The molecule has 6 heteroatoms. The first-order valence-corrected chi connectivity index (χ1v) is 11.3. The Morgan fingerprint density at radius 3 is 2.47 bits per heavy atom. The standard InChI is InChI=1S/C24H39N3O3/c1-7-21-24(29)27(20-13-19(6)9-10-22(20)30-21)16-23(28)25-11-8-12-26(14-17(2)3)15-18(4)5/h9-10,13,17-18,21H,7-8,11-12,14-16H2,1-6H3,(H,25,28). The Kier molecular flexibility index (Phi) is 9.15. The van der Waals surface area contributed by atoms with Crippen LogP contribution in [0.5, 0.6) is 5.75 Å². The summed E-state index contributed by atoms with van der Waals surface area (Å²) < 4.78 is 5.82. The molecule has 0 bridgehead atoms. The number of ether oxygens (including phenoxy) is 1. The van der Waals surface area contributed by atoms with Gasteiger partial charge in [0.05, 0.1) is 5.69 Å². The average molecular weight is 418 g/mol. The van der Waals surface area contributed by atoms with Crippen molar-refractivity contribution in [1.29, 1.82) is 0 Å². The largest absolute Gasteiger partial charge is 0.478 e.